The highest BCUT2D eigenvalue weighted by Crippen LogP contribution is 2.67. The van der Waals surface area contributed by atoms with Crippen LogP contribution in [0, 0.1) is 28.6 Å². The number of alkyl halides is 1. The van der Waals surface area contributed by atoms with E-state index < -0.39 is 23.1 Å². The Morgan fingerprint density at radius 2 is 2.11 bits per heavy atom. The summed E-state index contributed by atoms with van der Waals surface area (Å²) in [6, 6.07) is -0.204. The molecule has 3 saturated carbocycles. The molecule has 0 spiro atoms. The lowest BCUT2D eigenvalue weighted by Gasteiger charge is -2.59. The first kappa shape index (κ1) is 20.1. The molecule has 0 aromatic carbocycles. The standard InChI is InChI=1S/C22H29ClO5/c1-20-8-6-14(24)10-13(20)4-5-15-16-7-9-22(27-3,19(26)28-12-23)21(16,2)11-17(25)18(15)20/h6,8,10,15-18,25H,4-5,7,9,11-12H2,1-3H3/t15-,16-,17-,18+,20-,21-,22-/m0/s1. The molecular weight excluding hydrogens is 380 g/mol. The molecule has 0 heterocycles. The molecule has 0 unspecified atom stereocenters. The Labute approximate surface area is 171 Å². The van der Waals surface area contributed by atoms with Gasteiger partial charge in [-0.25, -0.2) is 4.79 Å². The number of aliphatic hydroxyl groups excluding tert-OH is 1. The summed E-state index contributed by atoms with van der Waals surface area (Å²) < 4.78 is 11.0. The maximum absolute atomic E-state index is 12.9. The van der Waals surface area contributed by atoms with Crippen molar-refractivity contribution in [3.05, 3.63) is 23.8 Å². The quantitative estimate of drug-likeness (QED) is 0.572. The van der Waals surface area contributed by atoms with Crippen LogP contribution >= 0.6 is 11.6 Å². The normalized spacial score (nSPS) is 47.0. The van der Waals surface area contributed by atoms with Crippen LogP contribution in [0.3, 0.4) is 0 Å². The number of hydrogen-bond acceptors (Lipinski definition) is 5. The molecule has 7 atom stereocenters. The fourth-order valence-electron chi connectivity index (χ4n) is 7.23. The third-order valence-electron chi connectivity index (χ3n) is 8.48. The van der Waals surface area contributed by atoms with Crippen LogP contribution in [-0.4, -0.2) is 41.7 Å². The van der Waals surface area contributed by atoms with Gasteiger partial charge in [-0.05, 0) is 56.1 Å². The minimum atomic E-state index is -1.08. The Morgan fingerprint density at radius 1 is 1.36 bits per heavy atom. The van der Waals surface area contributed by atoms with Crippen LogP contribution in [0.5, 0.6) is 0 Å². The number of ether oxygens (including phenoxy) is 2. The highest BCUT2D eigenvalue weighted by Gasteiger charge is 2.69. The summed E-state index contributed by atoms with van der Waals surface area (Å²) in [6.45, 7) is 4.21. The van der Waals surface area contributed by atoms with Crippen molar-refractivity contribution in [2.75, 3.05) is 13.2 Å². The molecule has 4 aliphatic carbocycles. The number of allylic oxidation sites excluding steroid dienone is 4. The molecule has 0 aromatic rings. The second-order valence-corrected chi connectivity index (χ2v) is 9.54. The zero-order chi connectivity index (χ0) is 20.3. The van der Waals surface area contributed by atoms with Gasteiger partial charge in [0.25, 0.3) is 0 Å². The van der Waals surface area contributed by atoms with Crippen molar-refractivity contribution in [3.63, 3.8) is 0 Å². The predicted octanol–water partition coefficient (Wildman–Crippen LogP) is 3.39. The maximum atomic E-state index is 12.9. The van der Waals surface area contributed by atoms with Gasteiger partial charge >= 0.3 is 5.97 Å². The number of hydrogen-bond donors (Lipinski definition) is 1. The van der Waals surface area contributed by atoms with E-state index in [0.717, 1.165) is 24.8 Å². The molecule has 154 valence electrons. The molecule has 0 radical (unpaired) electrons. The van der Waals surface area contributed by atoms with Gasteiger partial charge < -0.3 is 14.6 Å². The first-order valence-electron chi connectivity index (χ1n) is 10.1. The van der Waals surface area contributed by atoms with E-state index in [4.69, 9.17) is 21.1 Å². The summed E-state index contributed by atoms with van der Waals surface area (Å²) >= 11 is 5.67. The van der Waals surface area contributed by atoms with E-state index in [1.165, 1.54) is 0 Å². The predicted molar refractivity (Wildman–Crippen MR) is 105 cm³/mol. The highest BCUT2D eigenvalue weighted by molar-refractivity contribution is 6.17. The van der Waals surface area contributed by atoms with Crippen LogP contribution < -0.4 is 0 Å². The van der Waals surface area contributed by atoms with Crippen molar-refractivity contribution in [1.82, 2.24) is 0 Å². The molecule has 0 saturated heterocycles. The Hall–Kier alpha value is -1.17. The van der Waals surface area contributed by atoms with E-state index in [1.807, 2.05) is 6.08 Å². The summed E-state index contributed by atoms with van der Waals surface area (Å²) in [4.78, 5) is 24.8. The zero-order valence-electron chi connectivity index (χ0n) is 16.7. The molecule has 6 heteroatoms. The topological polar surface area (TPSA) is 72.8 Å². The molecule has 3 fully saturated rings. The number of fused-ring (bicyclic) bond motifs is 5. The molecule has 4 rings (SSSR count). The zero-order valence-corrected chi connectivity index (χ0v) is 17.5. The average Bonchev–Trinajstić information content (AvgIpc) is 2.95. The lowest BCUT2D eigenvalue weighted by molar-refractivity contribution is -0.202. The number of rotatable bonds is 3. The van der Waals surface area contributed by atoms with E-state index in [0.29, 0.717) is 12.8 Å². The van der Waals surface area contributed by atoms with Crippen LogP contribution in [0.2, 0.25) is 0 Å². The Bertz CT molecular complexity index is 760. The van der Waals surface area contributed by atoms with E-state index in [1.54, 1.807) is 19.3 Å². The molecule has 4 aliphatic rings. The summed E-state index contributed by atoms with van der Waals surface area (Å²) in [5.74, 6) is 0.143. The van der Waals surface area contributed by atoms with E-state index in [2.05, 4.69) is 13.8 Å². The minimum Gasteiger partial charge on any atom is -0.447 e. The monoisotopic (exact) mass is 408 g/mol. The van der Waals surface area contributed by atoms with Crippen molar-refractivity contribution in [2.24, 2.45) is 28.6 Å². The van der Waals surface area contributed by atoms with Gasteiger partial charge in [0.05, 0.1) is 6.10 Å². The fourth-order valence-corrected chi connectivity index (χ4v) is 7.33. The van der Waals surface area contributed by atoms with Gasteiger partial charge in [-0.1, -0.05) is 37.1 Å². The van der Waals surface area contributed by atoms with E-state index in [9.17, 15) is 14.7 Å². The van der Waals surface area contributed by atoms with Crippen LogP contribution in [0.25, 0.3) is 0 Å². The second-order valence-electron chi connectivity index (χ2n) is 9.32. The van der Waals surface area contributed by atoms with Crippen LogP contribution in [0.4, 0.5) is 0 Å². The van der Waals surface area contributed by atoms with Gasteiger partial charge in [0.2, 0.25) is 0 Å². The second kappa shape index (κ2) is 6.68. The third kappa shape index (κ3) is 2.45. The van der Waals surface area contributed by atoms with Crippen LogP contribution in [0.1, 0.15) is 46.0 Å². The van der Waals surface area contributed by atoms with Crippen molar-refractivity contribution < 1.29 is 24.2 Å². The number of methoxy groups -OCH3 is 1. The first-order chi connectivity index (χ1) is 13.2. The summed E-state index contributed by atoms with van der Waals surface area (Å²) in [5.41, 5.74) is -0.779. The fraction of sp³-hybridized carbons (Fsp3) is 0.727. The SMILES string of the molecule is CO[C@]1(C(=O)OCCl)CC[C@H]2[C@@H]3CCC4=CC(=O)C=C[C@]4(C)[C@H]3[C@@H](O)C[C@@]21C. The molecule has 28 heavy (non-hydrogen) atoms. The van der Waals surface area contributed by atoms with Gasteiger partial charge in [-0.2, -0.15) is 0 Å². The van der Waals surface area contributed by atoms with Crippen molar-refractivity contribution in [3.8, 4) is 0 Å². The highest BCUT2D eigenvalue weighted by atomic mass is 35.5. The summed E-state index contributed by atoms with van der Waals surface area (Å²) in [6.07, 6.45) is 8.45. The number of ketones is 1. The minimum absolute atomic E-state index is 0.0316. The van der Waals surface area contributed by atoms with Gasteiger partial charge in [0.1, 0.15) is 0 Å². The van der Waals surface area contributed by atoms with Gasteiger partial charge in [-0.3, -0.25) is 4.79 Å². The van der Waals surface area contributed by atoms with E-state index >= 15 is 0 Å². The van der Waals surface area contributed by atoms with Crippen molar-refractivity contribution >= 4 is 23.4 Å². The molecule has 0 aromatic heterocycles. The summed E-state index contributed by atoms with van der Waals surface area (Å²) in [7, 11) is 1.56. The number of carbonyl (C=O) groups is 2. The molecule has 0 bridgehead atoms. The van der Waals surface area contributed by atoms with Gasteiger partial charge in [0.15, 0.2) is 17.5 Å². The lowest BCUT2D eigenvalue weighted by atomic mass is 9.46. The van der Waals surface area contributed by atoms with Gasteiger partial charge in [-0.15, -0.1) is 0 Å². The van der Waals surface area contributed by atoms with Crippen molar-refractivity contribution in [2.45, 2.75) is 57.7 Å². The van der Waals surface area contributed by atoms with Crippen molar-refractivity contribution in [1.29, 1.82) is 0 Å². The average molecular weight is 409 g/mol. The Morgan fingerprint density at radius 3 is 2.79 bits per heavy atom. The van der Waals surface area contributed by atoms with Gasteiger partial charge in [0, 0.05) is 23.9 Å². The number of aliphatic hydroxyl groups is 1. The van der Waals surface area contributed by atoms with E-state index in [-0.39, 0.29) is 35.0 Å². The Balaban J connectivity index is 1.74. The largest absolute Gasteiger partial charge is 0.447 e. The Kier molecular flexibility index (Phi) is 4.80. The molecule has 0 amide bonds. The smallest absolute Gasteiger partial charge is 0.340 e. The maximum Gasteiger partial charge on any atom is 0.340 e. The number of esters is 1. The first-order valence-corrected chi connectivity index (χ1v) is 10.7. The molecule has 1 N–H and O–H groups in total. The third-order valence-corrected chi connectivity index (χ3v) is 8.59. The molecule has 0 aliphatic heterocycles. The lowest BCUT2D eigenvalue weighted by Crippen LogP contribution is -2.62. The molecular formula is C22H29ClO5. The van der Waals surface area contributed by atoms with Crippen LogP contribution in [-0.2, 0) is 19.1 Å². The number of carbonyl (C=O) groups excluding carboxylic acids is 2. The van der Waals surface area contributed by atoms with Crippen LogP contribution in [0.15, 0.2) is 23.8 Å². The summed E-state index contributed by atoms with van der Waals surface area (Å²) in [5, 5.41) is 11.3. The molecule has 5 nitrogen and oxygen atoms in total. The number of halogens is 1.